The third kappa shape index (κ3) is 6.17. The summed E-state index contributed by atoms with van der Waals surface area (Å²) >= 11 is 0. The van der Waals surface area contributed by atoms with E-state index in [1.165, 1.54) is 25.3 Å². The van der Waals surface area contributed by atoms with Crippen LogP contribution < -0.4 is 25.4 Å². The molecule has 0 radical (unpaired) electrons. The first-order chi connectivity index (χ1) is 14.9. The molecule has 31 heavy (non-hydrogen) atoms. The van der Waals surface area contributed by atoms with Gasteiger partial charge in [-0.3, -0.25) is 4.79 Å². The highest BCUT2D eigenvalue weighted by atomic mass is 19.3. The average Bonchev–Trinajstić information content (AvgIpc) is 2.75. The highest BCUT2D eigenvalue weighted by molar-refractivity contribution is 6.05. The summed E-state index contributed by atoms with van der Waals surface area (Å²) in [6.07, 6.45) is 0. The Bertz CT molecular complexity index is 1040. The van der Waals surface area contributed by atoms with Crippen LogP contribution in [0.3, 0.4) is 0 Å². The predicted octanol–water partition coefficient (Wildman–Crippen LogP) is 5.19. The van der Waals surface area contributed by atoms with Crippen molar-refractivity contribution in [3.8, 4) is 11.5 Å². The number of urea groups is 1. The second kappa shape index (κ2) is 10.1. The Morgan fingerprint density at radius 3 is 1.94 bits per heavy atom. The number of alkyl halides is 2. The number of amides is 3. The maximum Gasteiger partial charge on any atom is 0.387 e. The van der Waals surface area contributed by atoms with Crippen molar-refractivity contribution in [2.24, 2.45) is 0 Å². The molecular formula is C22H19F2N3O4. The van der Waals surface area contributed by atoms with E-state index in [0.29, 0.717) is 17.1 Å². The third-order valence-corrected chi connectivity index (χ3v) is 4.07. The minimum absolute atomic E-state index is 0.0110. The van der Waals surface area contributed by atoms with Crippen LogP contribution in [0.25, 0.3) is 0 Å². The number of carbonyl (C=O) groups excluding carboxylic acids is 2. The van der Waals surface area contributed by atoms with Crippen molar-refractivity contribution in [2.45, 2.75) is 6.61 Å². The molecule has 0 aliphatic carbocycles. The summed E-state index contributed by atoms with van der Waals surface area (Å²) in [6.45, 7) is -3.00. The van der Waals surface area contributed by atoms with Gasteiger partial charge in [-0.1, -0.05) is 18.2 Å². The zero-order valence-corrected chi connectivity index (χ0v) is 16.4. The van der Waals surface area contributed by atoms with Crippen molar-refractivity contribution in [3.05, 3.63) is 78.4 Å². The molecule has 0 unspecified atom stereocenters. The molecule has 3 aromatic rings. The summed E-state index contributed by atoms with van der Waals surface area (Å²) in [5, 5.41) is 8.06. The lowest BCUT2D eigenvalue weighted by Gasteiger charge is -2.12. The monoisotopic (exact) mass is 427 g/mol. The number of nitrogens with one attached hydrogen (secondary N) is 3. The van der Waals surface area contributed by atoms with Gasteiger partial charge in [-0.05, 0) is 54.6 Å². The minimum atomic E-state index is -3.00. The maximum absolute atomic E-state index is 12.4. The van der Waals surface area contributed by atoms with E-state index >= 15 is 0 Å². The topological polar surface area (TPSA) is 88.7 Å². The van der Waals surface area contributed by atoms with Crippen molar-refractivity contribution >= 4 is 29.0 Å². The SMILES string of the molecule is COc1cc(C(=O)Nc2ccc(NC(=O)Nc3ccccc3)cc2)ccc1OC(F)F. The summed E-state index contributed by atoms with van der Waals surface area (Å²) in [7, 11) is 1.29. The molecule has 0 aliphatic rings. The van der Waals surface area contributed by atoms with Gasteiger partial charge in [0.2, 0.25) is 0 Å². The first-order valence-electron chi connectivity index (χ1n) is 9.12. The van der Waals surface area contributed by atoms with Gasteiger partial charge in [-0.15, -0.1) is 0 Å². The Hall–Kier alpha value is -4.14. The largest absolute Gasteiger partial charge is 0.493 e. The molecule has 0 heterocycles. The van der Waals surface area contributed by atoms with Gasteiger partial charge in [0.05, 0.1) is 7.11 Å². The number of ether oxygens (including phenoxy) is 2. The van der Waals surface area contributed by atoms with Crippen molar-refractivity contribution < 1.29 is 27.8 Å². The number of carbonyl (C=O) groups is 2. The normalized spacial score (nSPS) is 10.3. The fourth-order valence-corrected chi connectivity index (χ4v) is 2.66. The van der Waals surface area contributed by atoms with Crippen LogP contribution >= 0.6 is 0 Å². The molecule has 0 saturated carbocycles. The van der Waals surface area contributed by atoms with E-state index in [-0.39, 0.29) is 17.1 Å². The van der Waals surface area contributed by atoms with E-state index in [0.717, 1.165) is 0 Å². The van der Waals surface area contributed by atoms with E-state index in [1.807, 2.05) is 18.2 Å². The number of benzene rings is 3. The lowest BCUT2D eigenvalue weighted by molar-refractivity contribution is -0.0512. The molecule has 9 heteroatoms. The van der Waals surface area contributed by atoms with Crippen molar-refractivity contribution in [2.75, 3.05) is 23.1 Å². The zero-order chi connectivity index (χ0) is 22.2. The zero-order valence-electron chi connectivity index (χ0n) is 16.4. The van der Waals surface area contributed by atoms with Crippen LogP contribution in [0.1, 0.15) is 10.4 Å². The van der Waals surface area contributed by atoms with E-state index in [1.54, 1.807) is 36.4 Å². The number of hydrogen-bond donors (Lipinski definition) is 3. The lowest BCUT2D eigenvalue weighted by Crippen LogP contribution is -2.19. The standard InChI is InChI=1S/C22H19F2N3O4/c1-30-19-13-14(7-12-18(19)31-21(23)24)20(28)25-16-8-10-17(11-9-16)27-22(29)26-15-5-3-2-4-6-15/h2-13,21H,1H3,(H,25,28)(H2,26,27,29). The van der Waals surface area contributed by atoms with Crippen molar-refractivity contribution in [1.82, 2.24) is 0 Å². The smallest absolute Gasteiger partial charge is 0.387 e. The second-order valence-corrected chi connectivity index (χ2v) is 6.22. The van der Waals surface area contributed by atoms with E-state index in [4.69, 9.17) is 4.74 Å². The Labute approximate surface area is 177 Å². The molecule has 3 amide bonds. The van der Waals surface area contributed by atoms with Gasteiger partial charge in [0.15, 0.2) is 11.5 Å². The van der Waals surface area contributed by atoms with Crippen molar-refractivity contribution in [1.29, 1.82) is 0 Å². The van der Waals surface area contributed by atoms with E-state index < -0.39 is 18.5 Å². The van der Waals surface area contributed by atoms with E-state index in [2.05, 4.69) is 20.7 Å². The quantitative estimate of drug-likeness (QED) is 0.484. The Morgan fingerprint density at radius 2 is 1.35 bits per heavy atom. The lowest BCUT2D eigenvalue weighted by atomic mass is 10.1. The van der Waals surface area contributed by atoms with Crippen LogP contribution in [-0.2, 0) is 0 Å². The molecule has 0 saturated heterocycles. The maximum atomic E-state index is 12.4. The molecule has 160 valence electrons. The number of para-hydroxylation sites is 1. The molecule has 0 bridgehead atoms. The summed E-state index contributed by atoms with van der Waals surface area (Å²) in [5.41, 5.74) is 1.86. The molecule has 0 atom stereocenters. The number of halogens is 2. The Kier molecular flexibility index (Phi) is 7.00. The summed E-state index contributed by atoms with van der Waals surface area (Å²) in [5.74, 6) is -0.625. The van der Waals surface area contributed by atoms with Crippen LogP contribution in [-0.4, -0.2) is 25.7 Å². The van der Waals surface area contributed by atoms with Gasteiger partial charge in [0, 0.05) is 22.6 Å². The highest BCUT2D eigenvalue weighted by Gasteiger charge is 2.14. The first-order valence-corrected chi connectivity index (χ1v) is 9.12. The van der Waals surface area contributed by atoms with Crippen LogP contribution in [0.5, 0.6) is 11.5 Å². The fourth-order valence-electron chi connectivity index (χ4n) is 2.66. The van der Waals surface area contributed by atoms with Crippen molar-refractivity contribution in [3.63, 3.8) is 0 Å². The van der Waals surface area contributed by atoms with E-state index in [9.17, 15) is 18.4 Å². The first kappa shape index (κ1) is 21.6. The summed E-state index contributed by atoms with van der Waals surface area (Å²) in [6, 6.07) is 18.9. The van der Waals surface area contributed by atoms with Gasteiger partial charge in [0.1, 0.15) is 0 Å². The molecule has 0 fully saturated rings. The molecule has 3 rings (SSSR count). The highest BCUT2D eigenvalue weighted by Crippen LogP contribution is 2.29. The molecular weight excluding hydrogens is 408 g/mol. The van der Waals surface area contributed by atoms with Gasteiger partial charge >= 0.3 is 12.6 Å². The van der Waals surface area contributed by atoms with Gasteiger partial charge in [0.25, 0.3) is 5.91 Å². The molecule has 3 aromatic carbocycles. The molecule has 0 aliphatic heterocycles. The number of anilines is 3. The molecule has 0 aromatic heterocycles. The second-order valence-electron chi connectivity index (χ2n) is 6.22. The summed E-state index contributed by atoms with van der Waals surface area (Å²) in [4.78, 5) is 24.5. The molecule has 3 N–H and O–H groups in total. The number of hydrogen-bond acceptors (Lipinski definition) is 4. The molecule has 0 spiro atoms. The van der Waals surface area contributed by atoms with Crippen LogP contribution in [0, 0.1) is 0 Å². The predicted molar refractivity (Wildman–Crippen MR) is 113 cm³/mol. The van der Waals surface area contributed by atoms with Crippen LogP contribution in [0.15, 0.2) is 72.8 Å². The van der Waals surface area contributed by atoms with Gasteiger partial charge in [-0.25, -0.2) is 4.79 Å². The Balaban J connectivity index is 1.60. The molecule has 7 nitrogen and oxygen atoms in total. The van der Waals surface area contributed by atoms with Crippen LogP contribution in [0.2, 0.25) is 0 Å². The number of rotatable bonds is 7. The number of methoxy groups -OCH3 is 1. The fraction of sp³-hybridized carbons (Fsp3) is 0.0909. The third-order valence-electron chi connectivity index (χ3n) is 4.07. The Morgan fingerprint density at radius 1 is 0.774 bits per heavy atom. The average molecular weight is 427 g/mol. The van der Waals surface area contributed by atoms with Gasteiger partial charge < -0.3 is 25.4 Å². The van der Waals surface area contributed by atoms with Crippen LogP contribution in [0.4, 0.5) is 30.6 Å². The minimum Gasteiger partial charge on any atom is -0.493 e. The van der Waals surface area contributed by atoms with Gasteiger partial charge in [-0.2, -0.15) is 8.78 Å². The summed E-state index contributed by atoms with van der Waals surface area (Å²) < 4.78 is 34.2.